The molecule has 1 aliphatic rings. The van der Waals surface area contributed by atoms with Gasteiger partial charge in [0.05, 0.1) is 5.56 Å². The summed E-state index contributed by atoms with van der Waals surface area (Å²) in [5, 5.41) is 11.3. The number of aromatic nitrogens is 2. The first kappa shape index (κ1) is 18.6. The smallest absolute Gasteiger partial charge is 0.228 e. The van der Waals surface area contributed by atoms with Gasteiger partial charge >= 0.3 is 0 Å². The molecule has 0 bridgehead atoms. The predicted octanol–water partition coefficient (Wildman–Crippen LogP) is 4.36. The number of rotatable bonds is 4. The summed E-state index contributed by atoms with van der Waals surface area (Å²) >= 11 is 0. The van der Waals surface area contributed by atoms with Gasteiger partial charge in [-0.05, 0) is 36.5 Å². The minimum Gasteiger partial charge on any atom is -0.438 e. The molecule has 0 radical (unpaired) electrons. The number of hydrogen-bond acceptors (Lipinski definition) is 4. The van der Waals surface area contributed by atoms with Crippen LogP contribution in [0.2, 0.25) is 0 Å². The van der Waals surface area contributed by atoms with E-state index in [0.717, 1.165) is 34.4 Å². The first-order valence-corrected chi connectivity index (χ1v) is 10.2. The van der Waals surface area contributed by atoms with E-state index >= 15 is 0 Å². The van der Waals surface area contributed by atoms with E-state index in [4.69, 9.17) is 10.1 Å². The van der Waals surface area contributed by atoms with Gasteiger partial charge in [0.15, 0.2) is 0 Å². The van der Waals surface area contributed by atoms with Crippen LogP contribution < -0.4 is 10.2 Å². The normalized spacial score (nSPS) is 15.0. The van der Waals surface area contributed by atoms with Gasteiger partial charge in [-0.15, -0.1) is 0 Å². The van der Waals surface area contributed by atoms with E-state index in [2.05, 4.69) is 64.5 Å². The van der Waals surface area contributed by atoms with Gasteiger partial charge in [-0.25, -0.2) is 4.98 Å². The Hall–Kier alpha value is -3.44. The highest BCUT2D eigenvalue weighted by Crippen LogP contribution is 2.47. The largest absolute Gasteiger partial charge is 0.438 e. The third-order valence-electron chi connectivity index (χ3n) is 5.72. The number of nitrogens with one attached hydrogen (secondary N) is 1. The summed E-state index contributed by atoms with van der Waals surface area (Å²) in [5.41, 5.74) is 3.52. The fraction of sp³-hybridized carbons (Fsp3) is 0.200. The zero-order valence-electron chi connectivity index (χ0n) is 17.2. The van der Waals surface area contributed by atoms with Crippen LogP contribution in [0.4, 0.5) is 0 Å². The van der Waals surface area contributed by atoms with Crippen molar-refractivity contribution in [1.82, 2.24) is 14.5 Å². The molecule has 0 saturated carbocycles. The number of nitrogens with zero attached hydrogens (tertiary/aromatic N) is 3. The number of likely N-dealkylation sites (N-methyl/N-ethyl adjacent to an activating group) is 1. The van der Waals surface area contributed by atoms with Crippen molar-refractivity contribution < 1.29 is 4.74 Å². The van der Waals surface area contributed by atoms with Gasteiger partial charge in [0.25, 0.3) is 0 Å². The van der Waals surface area contributed by atoms with Crippen molar-refractivity contribution in [2.24, 2.45) is 0 Å². The molecule has 1 aromatic heterocycles. The van der Waals surface area contributed by atoms with Crippen LogP contribution in [0, 0.1) is 5.41 Å². The molecule has 2 heterocycles. The predicted molar refractivity (Wildman–Crippen MR) is 118 cm³/mol. The number of benzene rings is 3. The molecule has 0 fully saturated rings. The van der Waals surface area contributed by atoms with Crippen LogP contribution in [0.25, 0.3) is 10.8 Å². The van der Waals surface area contributed by atoms with Gasteiger partial charge in [-0.3, -0.25) is 5.41 Å². The van der Waals surface area contributed by atoms with Gasteiger partial charge in [0, 0.05) is 24.6 Å². The third kappa shape index (κ3) is 3.08. The van der Waals surface area contributed by atoms with E-state index < -0.39 is 0 Å². The summed E-state index contributed by atoms with van der Waals surface area (Å²) in [5.74, 6) is 1.23. The first-order valence-electron chi connectivity index (χ1n) is 10.2. The van der Waals surface area contributed by atoms with Crippen molar-refractivity contribution >= 4 is 10.8 Å². The Bertz CT molecular complexity index is 1280. The maximum Gasteiger partial charge on any atom is 0.228 e. The first-order chi connectivity index (χ1) is 14.6. The Morgan fingerprint density at radius 2 is 1.73 bits per heavy atom. The summed E-state index contributed by atoms with van der Waals surface area (Å²) in [7, 11) is 4.07. The Kier molecular flexibility index (Phi) is 4.60. The summed E-state index contributed by atoms with van der Waals surface area (Å²) in [6.07, 6.45) is 1.72. The summed E-state index contributed by atoms with van der Waals surface area (Å²) in [4.78, 5) is 6.73. The van der Waals surface area contributed by atoms with Gasteiger partial charge < -0.3 is 14.2 Å². The Morgan fingerprint density at radius 1 is 0.967 bits per heavy atom. The molecule has 0 aliphatic carbocycles. The third-order valence-corrected chi connectivity index (χ3v) is 5.72. The van der Waals surface area contributed by atoms with Crippen LogP contribution in [-0.2, 0) is 6.54 Å². The van der Waals surface area contributed by atoms with E-state index in [1.54, 1.807) is 6.33 Å². The number of ether oxygens (including phenoxy) is 1. The second-order valence-electron chi connectivity index (χ2n) is 7.95. The van der Waals surface area contributed by atoms with E-state index in [1.807, 2.05) is 30.8 Å². The lowest BCUT2D eigenvalue weighted by Crippen LogP contribution is -2.32. The molecular formula is C25H24N4O. The summed E-state index contributed by atoms with van der Waals surface area (Å²) in [6.45, 7) is 1.55. The monoisotopic (exact) mass is 396 g/mol. The quantitative estimate of drug-likeness (QED) is 0.491. The van der Waals surface area contributed by atoms with Crippen molar-refractivity contribution in [3.8, 4) is 11.6 Å². The molecule has 0 amide bonds. The molecule has 5 rings (SSSR count). The topological polar surface area (TPSA) is 54.1 Å². The molecule has 30 heavy (non-hydrogen) atoms. The van der Waals surface area contributed by atoms with Crippen molar-refractivity contribution in [3.63, 3.8) is 0 Å². The van der Waals surface area contributed by atoms with E-state index in [9.17, 15) is 0 Å². The van der Waals surface area contributed by atoms with E-state index in [1.165, 1.54) is 5.39 Å². The lowest BCUT2D eigenvalue weighted by molar-refractivity contribution is 0.371. The van der Waals surface area contributed by atoms with Gasteiger partial charge in [0.2, 0.25) is 5.88 Å². The molecule has 0 spiro atoms. The van der Waals surface area contributed by atoms with Crippen molar-refractivity contribution in [2.45, 2.75) is 12.5 Å². The zero-order valence-corrected chi connectivity index (χ0v) is 17.2. The van der Waals surface area contributed by atoms with Gasteiger partial charge in [0.1, 0.15) is 17.6 Å². The van der Waals surface area contributed by atoms with E-state index in [0.29, 0.717) is 17.9 Å². The fourth-order valence-corrected chi connectivity index (χ4v) is 4.21. The Balaban J connectivity index is 1.78. The second kappa shape index (κ2) is 7.43. The van der Waals surface area contributed by atoms with Crippen LogP contribution in [0.3, 0.4) is 0 Å². The fourth-order valence-electron chi connectivity index (χ4n) is 4.21. The lowest BCUT2D eigenvalue weighted by Gasteiger charge is -2.30. The molecule has 5 heteroatoms. The zero-order chi connectivity index (χ0) is 20.7. The average molecular weight is 396 g/mol. The van der Waals surface area contributed by atoms with Crippen LogP contribution >= 0.6 is 0 Å². The Morgan fingerprint density at radius 3 is 2.53 bits per heavy atom. The standard InChI is InChI=1S/C25H24N4O/c1-28(2)14-15-29-16-27-25-23(24(29)26)21(18-9-4-3-5-10-18)22-19-11-7-6-8-17(19)12-13-20(22)30-25/h3-13,16,21,26H,14-15H2,1-2H3. The molecule has 5 nitrogen and oxygen atoms in total. The maximum atomic E-state index is 9.02. The minimum absolute atomic E-state index is 0.108. The average Bonchev–Trinajstić information content (AvgIpc) is 2.77. The minimum atomic E-state index is -0.108. The molecule has 1 N–H and O–H groups in total. The van der Waals surface area contributed by atoms with Crippen LogP contribution in [0.5, 0.6) is 11.6 Å². The summed E-state index contributed by atoms with van der Waals surface area (Å²) < 4.78 is 8.15. The summed E-state index contributed by atoms with van der Waals surface area (Å²) in [6, 6.07) is 22.9. The van der Waals surface area contributed by atoms with Crippen LogP contribution in [0.1, 0.15) is 22.6 Å². The van der Waals surface area contributed by atoms with Crippen LogP contribution in [0.15, 0.2) is 73.1 Å². The highest BCUT2D eigenvalue weighted by molar-refractivity contribution is 5.90. The lowest BCUT2D eigenvalue weighted by atomic mass is 9.81. The highest BCUT2D eigenvalue weighted by atomic mass is 16.5. The van der Waals surface area contributed by atoms with Crippen molar-refractivity contribution in [1.29, 1.82) is 5.41 Å². The van der Waals surface area contributed by atoms with Crippen molar-refractivity contribution in [2.75, 3.05) is 20.6 Å². The molecule has 1 unspecified atom stereocenters. The second-order valence-corrected chi connectivity index (χ2v) is 7.95. The molecule has 1 aliphatic heterocycles. The van der Waals surface area contributed by atoms with Crippen molar-refractivity contribution in [3.05, 3.63) is 95.2 Å². The molecule has 3 aromatic carbocycles. The molecule has 4 aromatic rings. The number of fused-ring (bicyclic) bond motifs is 4. The van der Waals surface area contributed by atoms with E-state index in [-0.39, 0.29) is 5.92 Å². The highest BCUT2D eigenvalue weighted by Gasteiger charge is 2.33. The van der Waals surface area contributed by atoms with Gasteiger partial charge in [-0.1, -0.05) is 60.7 Å². The maximum absolute atomic E-state index is 9.02. The molecular weight excluding hydrogens is 372 g/mol. The van der Waals surface area contributed by atoms with Gasteiger partial charge in [-0.2, -0.15) is 0 Å². The molecule has 150 valence electrons. The van der Waals surface area contributed by atoms with Crippen LogP contribution in [-0.4, -0.2) is 35.1 Å². The SMILES string of the molecule is CN(C)CCn1cnc2c(c1=N)C(c1ccccc1)c1c(ccc3ccccc13)O2. The molecule has 0 saturated heterocycles. The Labute approximate surface area is 175 Å². The molecule has 1 atom stereocenters. The number of hydrogen-bond donors (Lipinski definition) is 1.